The second kappa shape index (κ2) is 8.07. The van der Waals surface area contributed by atoms with Gasteiger partial charge in [0.05, 0.1) is 36.5 Å². The van der Waals surface area contributed by atoms with E-state index in [9.17, 15) is 19.7 Å². The van der Waals surface area contributed by atoms with Gasteiger partial charge < -0.3 is 9.47 Å². The minimum Gasteiger partial charge on any atom is -0.493 e. The van der Waals surface area contributed by atoms with Gasteiger partial charge in [-0.3, -0.25) is 29.9 Å². The Morgan fingerprint density at radius 1 is 1.10 bits per heavy atom. The van der Waals surface area contributed by atoms with Gasteiger partial charge >= 0.3 is 0 Å². The van der Waals surface area contributed by atoms with Crippen LogP contribution in [0, 0.1) is 10.1 Å². The van der Waals surface area contributed by atoms with Crippen LogP contribution in [0.3, 0.4) is 0 Å². The van der Waals surface area contributed by atoms with E-state index in [2.05, 4.69) is 5.32 Å². The molecule has 1 heterocycles. The summed E-state index contributed by atoms with van der Waals surface area (Å²) in [6.07, 6.45) is 1.13. The number of benzene rings is 2. The van der Waals surface area contributed by atoms with E-state index in [-0.39, 0.29) is 33.4 Å². The normalized spacial score (nSPS) is 15.3. The van der Waals surface area contributed by atoms with Crippen molar-refractivity contribution in [2.45, 2.75) is 0 Å². The molecule has 29 heavy (non-hydrogen) atoms. The van der Waals surface area contributed by atoms with Crippen LogP contribution in [0.15, 0.2) is 48.0 Å². The summed E-state index contributed by atoms with van der Waals surface area (Å²) in [6.45, 7) is 0. The Morgan fingerprint density at radius 3 is 2.31 bits per heavy atom. The SMILES string of the molecule is COc1cc(/C=C2/C(=O)NC(=S)N(c3ccccc3)C2=O)c([N+](=O)[O-])cc1OC. The van der Waals surface area contributed by atoms with Crippen LogP contribution in [-0.4, -0.2) is 36.1 Å². The van der Waals surface area contributed by atoms with Crippen molar-refractivity contribution < 1.29 is 24.0 Å². The minimum absolute atomic E-state index is 0.00646. The maximum absolute atomic E-state index is 13.0. The molecule has 9 nitrogen and oxygen atoms in total. The maximum Gasteiger partial charge on any atom is 0.280 e. The van der Waals surface area contributed by atoms with E-state index in [0.717, 1.165) is 17.0 Å². The number of carbonyl (C=O) groups is 2. The van der Waals surface area contributed by atoms with Crippen molar-refractivity contribution in [1.29, 1.82) is 0 Å². The van der Waals surface area contributed by atoms with Gasteiger partial charge in [-0.1, -0.05) is 18.2 Å². The lowest BCUT2D eigenvalue weighted by atomic mass is 10.0. The number of nitro benzene ring substituents is 1. The van der Waals surface area contributed by atoms with E-state index < -0.39 is 16.7 Å². The Kier molecular flexibility index (Phi) is 5.55. The zero-order valence-electron chi connectivity index (χ0n) is 15.4. The number of carbonyl (C=O) groups excluding carboxylic acids is 2. The Labute approximate surface area is 170 Å². The zero-order valence-corrected chi connectivity index (χ0v) is 16.2. The van der Waals surface area contributed by atoms with E-state index in [0.29, 0.717) is 5.69 Å². The molecule has 10 heteroatoms. The van der Waals surface area contributed by atoms with Crippen LogP contribution in [0.2, 0.25) is 0 Å². The lowest BCUT2D eigenvalue weighted by Gasteiger charge is -2.28. The van der Waals surface area contributed by atoms with Crippen LogP contribution in [-0.2, 0) is 9.59 Å². The predicted octanol–water partition coefficient (Wildman–Crippen LogP) is 2.44. The average Bonchev–Trinajstić information content (AvgIpc) is 2.71. The number of amides is 2. The molecular weight excluding hydrogens is 398 g/mol. The van der Waals surface area contributed by atoms with Crippen LogP contribution in [0.1, 0.15) is 5.56 Å². The monoisotopic (exact) mass is 413 g/mol. The van der Waals surface area contributed by atoms with Crippen molar-refractivity contribution in [3.05, 3.63) is 63.7 Å². The molecule has 0 radical (unpaired) electrons. The Bertz CT molecular complexity index is 1050. The molecular formula is C19H15N3O6S. The Morgan fingerprint density at radius 2 is 1.72 bits per heavy atom. The van der Waals surface area contributed by atoms with E-state index in [1.807, 2.05) is 0 Å². The number of anilines is 1. The highest BCUT2D eigenvalue weighted by molar-refractivity contribution is 7.80. The molecule has 2 amide bonds. The van der Waals surface area contributed by atoms with Crippen LogP contribution in [0.25, 0.3) is 6.08 Å². The molecule has 0 spiro atoms. The van der Waals surface area contributed by atoms with Gasteiger partial charge in [0.25, 0.3) is 17.5 Å². The van der Waals surface area contributed by atoms with Gasteiger partial charge in [0.1, 0.15) is 5.57 Å². The molecule has 0 atom stereocenters. The molecule has 2 aromatic carbocycles. The highest BCUT2D eigenvalue weighted by Gasteiger charge is 2.35. The molecule has 3 rings (SSSR count). The van der Waals surface area contributed by atoms with Crippen LogP contribution in [0.5, 0.6) is 11.5 Å². The molecule has 1 saturated heterocycles. The number of nitrogens with one attached hydrogen (secondary N) is 1. The molecule has 2 aromatic rings. The number of methoxy groups -OCH3 is 2. The summed E-state index contributed by atoms with van der Waals surface area (Å²) in [5.41, 5.74) is -0.199. The summed E-state index contributed by atoms with van der Waals surface area (Å²) >= 11 is 5.12. The first kappa shape index (κ1) is 20.0. The first-order valence-corrected chi connectivity index (χ1v) is 8.65. The molecule has 0 unspecified atom stereocenters. The third-order valence-electron chi connectivity index (χ3n) is 4.15. The van der Waals surface area contributed by atoms with Crippen LogP contribution in [0.4, 0.5) is 11.4 Å². The van der Waals surface area contributed by atoms with Gasteiger partial charge in [0, 0.05) is 0 Å². The Balaban J connectivity index is 2.13. The summed E-state index contributed by atoms with van der Waals surface area (Å²) in [4.78, 5) is 37.4. The van der Waals surface area contributed by atoms with Gasteiger partial charge in [-0.05, 0) is 36.5 Å². The van der Waals surface area contributed by atoms with Gasteiger partial charge in [0.15, 0.2) is 16.6 Å². The predicted molar refractivity (Wildman–Crippen MR) is 109 cm³/mol. The third-order valence-corrected chi connectivity index (χ3v) is 4.43. The first-order chi connectivity index (χ1) is 13.9. The van der Waals surface area contributed by atoms with Crippen molar-refractivity contribution in [1.82, 2.24) is 5.32 Å². The van der Waals surface area contributed by atoms with Crippen molar-refractivity contribution in [3.63, 3.8) is 0 Å². The topological polar surface area (TPSA) is 111 Å². The molecule has 1 fully saturated rings. The fraction of sp³-hybridized carbons (Fsp3) is 0.105. The lowest BCUT2D eigenvalue weighted by molar-refractivity contribution is -0.385. The van der Waals surface area contributed by atoms with Crippen molar-refractivity contribution in [2.75, 3.05) is 19.1 Å². The van der Waals surface area contributed by atoms with Crippen LogP contribution < -0.4 is 19.7 Å². The summed E-state index contributed by atoms with van der Waals surface area (Å²) in [5.74, 6) is -1.10. The fourth-order valence-electron chi connectivity index (χ4n) is 2.78. The quantitative estimate of drug-likeness (QED) is 0.263. The number of ether oxygens (including phenoxy) is 2. The summed E-state index contributed by atoms with van der Waals surface area (Å²) in [5, 5.41) is 13.8. The largest absolute Gasteiger partial charge is 0.493 e. The highest BCUT2D eigenvalue weighted by atomic mass is 32.1. The van der Waals surface area contributed by atoms with Crippen LogP contribution >= 0.6 is 12.2 Å². The van der Waals surface area contributed by atoms with Crippen molar-refractivity contribution >= 4 is 46.6 Å². The first-order valence-electron chi connectivity index (χ1n) is 8.24. The van der Waals surface area contributed by atoms with Crippen molar-refractivity contribution in [2.24, 2.45) is 0 Å². The van der Waals surface area contributed by atoms with Gasteiger partial charge in [-0.25, -0.2) is 0 Å². The average molecular weight is 413 g/mol. The number of nitro groups is 1. The van der Waals surface area contributed by atoms with E-state index in [1.165, 1.54) is 20.3 Å². The number of nitrogens with zero attached hydrogens (tertiary/aromatic N) is 2. The fourth-order valence-corrected chi connectivity index (χ4v) is 3.06. The molecule has 0 bridgehead atoms. The highest BCUT2D eigenvalue weighted by Crippen LogP contribution is 2.36. The maximum atomic E-state index is 13.0. The number of hydrogen-bond donors (Lipinski definition) is 1. The summed E-state index contributed by atoms with van der Waals surface area (Å²) in [7, 11) is 2.71. The number of rotatable bonds is 5. The molecule has 1 aliphatic rings. The lowest BCUT2D eigenvalue weighted by Crippen LogP contribution is -2.54. The van der Waals surface area contributed by atoms with Gasteiger partial charge in [0.2, 0.25) is 0 Å². The van der Waals surface area contributed by atoms with E-state index >= 15 is 0 Å². The van der Waals surface area contributed by atoms with E-state index in [4.69, 9.17) is 21.7 Å². The standard InChI is InChI=1S/C19H15N3O6S/c1-27-15-9-11(14(22(25)26)10-16(15)28-2)8-13-17(23)20-19(29)21(18(13)24)12-6-4-3-5-7-12/h3-10H,1-2H3,(H,20,23,29)/b13-8-. The zero-order chi connectivity index (χ0) is 21.1. The second-order valence-electron chi connectivity index (χ2n) is 5.82. The molecule has 0 saturated carbocycles. The smallest absolute Gasteiger partial charge is 0.280 e. The minimum atomic E-state index is -0.753. The number of thiocarbonyl (C=S) groups is 1. The molecule has 1 N–H and O–H groups in total. The number of hydrogen-bond acceptors (Lipinski definition) is 7. The second-order valence-corrected chi connectivity index (χ2v) is 6.20. The van der Waals surface area contributed by atoms with Crippen molar-refractivity contribution in [3.8, 4) is 11.5 Å². The van der Waals surface area contributed by atoms with Gasteiger partial charge in [-0.15, -0.1) is 0 Å². The van der Waals surface area contributed by atoms with Gasteiger partial charge in [-0.2, -0.15) is 0 Å². The van der Waals surface area contributed by atoms with E-state index in [1.54, 1.807) is 30.3 Å². The molecule has 148 valence electrons. The summed E-state index contributed by atoms with van der Waals surface area (Å²) in [6, 6.07) is 11.0. The third kappa shape index (κ3) is 3.78. The summed E-state index contributed by atoms with van der Waals surface area (Å²) < 4.78 is 10.2. The molecule has 0 aromatic heterocycles. The molecule has 1 aliphatic heterocycles. The number of para-hydroxylation sites is 1. The molecule has 0 aliphatic carbocycles. The Hall–Kier alpha value is -3.79.